The average molecular weight is 241 g/mol. The molecule has 5 heteroatoms. The van der Waals surface area contributed by atoms with Crippen molar-refractivity contribution in [2.45, 2.75) is 32.1 Å². The van der Waals surface area contributed by atoms with Gasteiger partial charge >= 0.3 is 0 Å². The zero-order chi connectivity index (χ0) is 11.2. The summed E-state index contributed by atoms with van der Waals surface area (Å²) in [6.45, 7) is 0.684. The lowest BCUT2D eigenvalue weighted by Crippen LogP contribution is -2.12. The van der Waals surface area contributed by atoms with Crippen LogP contribution < -0.4 is 5.73 Å². The number of hydrogen-bond donors (Lipinski definition) is 1. The monoisotopic (exact) mass is 241 g/mol. The Morgan fingerprint density at radius 2 is 2.19 bits per heavy atom. The molecule has 0 saturated carbocycles. The molecule has 0 aliphatic carbocycles. The van der Waals surface area contributed by atoms with Crippen LogP contribution in [-0.2, 0) is 12.8 Å². The van der Waals surface area contributed by atoms with Crippen molar-refractivity contribution in [2.24, 2.45) is 11.7 Å². The molecule has 16 heavy (non-hydrogen) atoms. The number of nitrogens with zero attached hydrogens (tertiary/aromatic N) is 2. The molecule has 0 aromatic carbocycles. The summed E-state index contributed by atoms with van der Waals surface area (Å²) in [5.74, 6) is 4.91. The number of hydrogen-bond acceptors (Lipinski definition) is 5. The van der Waals surface area contributed by atoms with E-state index in [4.69, 9.17) is 10.3 Å². The highest BCUT2D eigenvalue weighted by molar-refractivity contribution is 7.99. The maximum Gasteiger partial charge on any atom is 0.226 e. The van der Waals surface area contributed by atoms with Gasteiger partial charge in [0.05, 0.1) is 0 Å². The Labute approximate surface area is 100 Å². The molecule has 0 spiro atoms. The van der Waals surface area contributed by atoms with Crippen LogP contribution in [0.3, 0.4) is 0 Å². The van der Waals surface area contributed by atoms with E-state index in [1.807, 2.05) is 11.8 Å². The van der Waals surface area contributed by atoms with Gasteiger partial charge in [0.15, 0.2) is 5.82 Å². The molecule has 0 amide bonds. The Morgan fingerprint density at radius 3 is 2.94 bits per heavy atom. The standard InChI is InChI=1S/C11H19N3OS/c12-5-1-2-10-13-11(15-14-10)8-9-3-6-16-7-4-9/h9H,1-8,12H2. The predicted octanol–water partition coefficient (Wildman–Crippen LogP) is 1.65. The summed E-state index contributed by atoms with van der Waals surface area (Å²) in [7, 11) is 0. The zero-order valence-corrected chi connectivity index (χ0v) is 10.3. The molecular weight excluding hydrogens is 222 g/mol. The third-order valence-electron chi connectivity index (χ3n) is 2.92. The highest BCUT2D eigenvalue weighted by Crippen LogP contribution is 2.25. The minimum absolute atomic E-state index is 0.684. The fraction of sp³-hybridized carbons (Fsp3) is 0.818. The molecule has 2 N–H and O–H groups in total. The lowest BCUT2D eigenvalue weighted by atomic mass is 9.99. The van der Waals surface area contributed by atoms with Crippen LogP contribution in [0, 0.1) is 5.92 Å². The molecule has 4 nitrogen and oxygen atoms in total. The second-order valence-corrected chi connectivity index (χ2v) is 5.48. The summed E-state index contributed by atoms with van der Waals surface area (Å²) < 4.78 is 5.26. The Morgan fingerprint density at radius 1 is 1.38 bits per heavy atom. The van der Waals surface area contributed by atoms with Gasteiger partial charge < -0.3 is 10.3 Å². The number of thioether (sulfide) groups is 1. The van der Waals surface area contributed by atoms with Crippen LogP contribution in [0.4, 0.5) is 0 Å². The quantitative estimate of drug-likeness (QED) is 0.849. The molecule has 0 bridgehead atoms. The Hall–Kier alpha value is -0.550. The Balaban J connectivity index is 1.81. The topological polar surface area (TPSA) is 64.9 Å². The van der Waals surface area contributed by atoms with Gasteiger partial charge in [-0.1, -0.05) is 5.16 Å². The highest BCUT2D eigenvalue weighted by Gasteiger charge is 2.17. The van der Waals surface area contributed by atoms with E-state index in [9.17, 15) is 0 Å². The van der Waals surface area contributed by atoms with E-state index in [1.54, 1.807) is 0 Å². The van der Waals surface area contributed by atoms with Crippen molar-refractivity contribution >= 4 is 11.8 Å². The summed E-state index contributed by atoms with van der Waals surface area (Å²) in [6.07, 6.45) is 5.28. The maximum absolute atomic E-state index is 5.44. The highest BCUT2D eigenvalue weighted by atomic mass is 32.2. The smallest absolute Gasteiger partial charge is 0.226 e. The minimum Gasteiger partial charge on any atom is -0.339 e. The van der Waals surface area contributed by atoms with Crippen LogP contribution in [0.2, 0.25) is 0 Å². The van der Waals surface area contributed by atoms with E-state index in [-0.39, 0.29) is 0 Å². The third kappa shape index (κ3) is 3.49. The molecule has 1 fully saturated rings. The molecule has 1 aromatic heterocycles. The first-order valence-electron chi connectivity index (χ1n) is 5.97. The maximum atomic E-state index is 5.44. The van der Waals surface area contributed by atoms with Crippen molar-refractivity contribution in [3.63, 3.8) is 0 Å². The molecule has 90 valence electrons. The first-order chi connectivity index (χ1) is 7.88. The summed E-state index contributed by atoms with van der Waals surface area (Å²) in [5.41, 5.74) is 5.44. The molecule has 2 rings (SSSR count). The lowest BCUT2D eigenvalue weighted by molar-refractivity contribution is 0.341. The average Bonchev–Trinajstić information content (AvgIpc) is 2.75. The van der Waals surface area contributed by atoms with E-state index in [2.05, 4.69) is 10.1 Å². The van der Waals surface area contributed by atoms with E-state index in [1.165, 1.54) is 24.3 Å². The molecule has 0 unspecified atom stereocenters. The zero-order valence-electron chi connectivity index (χ0n) is 9.52. The number of aromatic nitrogens is 2. The van der Waals surface area contributed by atoms with Crippen LogP contribution in [0.1, 0.15) is 31.0 Å². The largest absolute Gasteiger partial charge is 0.339 e. The normalized spacial score (nSPS) is 17.8. The second kappa shape index (κ2) is 6.25. The van der Waals surface area contributed by atoms with Gasteiger partial charge in [0.2, 0.25) is 5.89 Å². The SMILES string of the molecule is NCCCc1noc(CC2CCSCC2)n1. The molecule has 1 aliphatic rings. The van der Waals surface area contributed by atoms with Gasteiger partial charge in [0, 0.05) is 12.8 Å². The lowest BCUT2D eigenvalue weighted by Gasteiger charge is -2.19. The van der Waals surface area contributed by atoms with Gasteiger partial charge in [0.1, 0.15) is 0 Å². The van der Waals surface area contributed by atoms with Gasteiger partial charge in [-0.05, 0) is 43.2 Å². The second-order valence-electron chi connectivity index (χ2n) is 4.26. The van der Waals surface area contributed by atoms with E-state index in [0.717, 1.165) is 36.9 Å². The van der Waals surface area contributed by atoms with Crippen molar-refractivity contribution in [1.82, 2.24) is 10.1 Å². The van der Waals surface area contributed by atoms with E-state index < -0.39 is 0 Å². The van der Waals surface area contributed by atoms with Crippen LogP contribution in [-0.4, -0.2) is 28.2 Å². The van der Waals surface area contributed by atoms with Crippen molar-refractivity contribution in [2.75, 3.05) is 18.1 Å². The van der Waals surface area contributed by atoms with E-state index in [0.29, 0.717) is 6.54 Å². The Bertz CT molecular complexity index is 310. The molecule has 2 heterocycles. The van der Waals surface area contributed by atoms with Crippen LogP contribution in [0.25, 0.3) is 0 Å². The van der Waals surface area contributed by atoms with Crippen LogP contribution >= 0.6 is 11.8 Å². The Kier molecular flexibility index (Phi) is 4.66. The van der Waals surface area contributed by atoms with Crippen molar-refractivity contribution in [1.29, 1.82) is 0 Å². The molecular formula is C11H19N3OS. The first kappa shape index (κ1) is 11.9. The number of aryl methyl sites for hydroxylation is 1. The molecule has 1 saturated heterocycles. The fourth-order valence-corrected chi connectivity index (χ4v) is 3.14. The number of nitrogens with two attached hydrogens (primary N) is 1. The van der Waals surface area contributed by atoms with Crippen molar-refractivity contribution < 1.29 is 4.52 Å². The van der Waals surface area contributed by atoms with Crippen LogP contribution in [0.15, 0.2) is 4.52 Å². The van der Waals surface area contributed by atoms with Crippen molar-refractivity contribution in [3.8, 4) is 0 Å². The summed E-state index contributed by atoms with van der Waals surface area (Å²) in [4.78, 5) is 4.40. The van der Waals surface area contributed by atoms with Crippen molar-refractivity contribution in [3.05, 3.63) is 11.7 Å². The predicted molar refractivity (Wildman–Crippen MR) is 65.4 cm³/mol. The first-order valence-corrected chi connectivity index (χ1v) is 7.13. The van der Waals surface area contributed by atoms with Gasteiger partial charge in [-0.3, -0.25) is 0 Å². The van der Waals surface area contributed by atoms with Crippen LogP contribution in [0.5, 0.6) is 0 Å². The number of rotatable bonds is 5. The van der Waals surface area contributed by atoms with Gasteiger partial charge in [0.25, 0.3) is 0 Å². The minimum atomic E-state index is 0.684. The third-order valence-corrected chi connectivity index (χ3v) is 3.97. The molecule has 1 aromatic rings. The van der Waals surface area contributed by atoms with Gasteiger partial charge in [-0.15, -0.1) is 0 Å². The van der Waals surface area contributed by atoms with Gasteiger partial charge in [-0.25, -0.2) is 0 Å². The summed E-state index contributed by atoms with van der Waals surface area (Å²) in [5, 5.41) is 3.97. The van der Waals surface area contributed by atoms with E-state index >= 15 is 0 Å². The summed E-state index contributed by atoms with van der Waals surface area (Å²) >= 11 is 2.04. The summed E-state index contributed by atoms with van der Waals surface area (Å²) in [6, 6.07) is 0. The molecule has 0 atom stereocenters. The molecule has 0 radical (unpaired) electrons. The fourth-order valence-electron chi connectivity index (χ4n) is 1.93. The van der Waals surface area contributed by atoms with Gasteiger partial charge in [-0.2, -0.15) is 16.7 Å². The molecule has 1 aliphatic heterocycles.